The van der Waals surface area contributed by atoms with Crippen molar-refractivity contribution in [2.45, 2.75) is 20.0 Å². The first kappa shape index (κ1) is 13.6. The Labute approximate surface area is 101 Å². The van der Waals surface area contributed by atoms with E-state index in [1.807, 2.05) is 0 Å². The van der Waals surface area contributed by atoms with E-state index >= 15 is 0 Å². The molecule has 5 heteroatoms. The van der Waals surface area contributed by atoms with E-state index in [9.17, 15) is 10.1 Å². The van der Waals surface area contributed by atoms with Crippen LogP contribution < -0.4 is 5.32 Å². The molecule has 1 N–H and O–H groups in total. The van der Waals surface area contributed by atoms with Gasteiger partial charge in [-0.1, -0.05) is 19.1 Å². The maximum absolute atomic E-state index is 10.7. The van der Waals surface area contributed by atoms with Crippen LogP contribution in [0.5, 0.6) is 0 Å². The van der Waals surface area contributed by atoms with Crippen LogP contribution in [-0.2, 0) is 11.3 Å². The van der Waals surface area contributed by atoms with Gasteiger partial charge in [-0.2, -0.15) is 0 Å². The van der Waals surface area contributed by atoms with Gasteiger partial charge in [0, 0.05) is 12.6 Å². The number of para-hydroxylation sites is 1. The van der Waals surface area contributed by atoms with E-state index in [4.69, 9.17) is 4.74 Å². The zero-order valence-corrected chi connectivity index (χ0v) is 10.0. The zero-order valence-electron chi connectivity index (χ0n) is 10.0. The second kappa shape index (κ2) is 7.76. The Bertz CT molecular complexity index is 355. The largest absolute Gasteiger partial charge is 0.375 e. The van der Waals surface area contributed by atoms with Crippen molar-refractivity contribution in [3.05, 3.63) is 39.9 Å². The number of nitro groups is 1. The third kappa shape index (κ3) is 4.93. The van der Waals surface area contributed by atoms with Crippen molar-refractivity contribution in [1.82, 2.24) is 5.32 Å². The lowest BCUT2D eigenvalue weighted by Crippen LogP contribution is -2.20. The lowest BCUT2D eigenvalue weighted by molar-refractivity contribution is -0.385. The molecule has 0 bridgehead atoms. The van der Waals surface area contributed by atoms with E-state index < -0.39 is 0 Å². The smallest absolute Gasteiger partial charge is 0.274 e. The van der Waals surface area contributed by atoms with Crippen LogP contribution in [0.2, 0.25) is 0 Å². The highest BCUT2D eigenvalue weighted by atomic mass is 16.6. The fraction of sp³-hybridized carbons (Fsp3) is 0.500. The van der Waals surface area contributed by atoms with Crippen molar-refractivity contribution >= 4 is 5.69 Å². The van der Waals surface area contributed by atoms with Crippen LogP contribution in [0.25, 0.3) is 0 Å². The lowest BCUT2D eigenvalue weighted by atomic mass is 10.2. The number of rotatable bonds is 8. The van der Waals surface area contributed by atoms with E-state index in [2.05, 4.69) is 12.2 Å². The summed E-state index contributed by atoms with van der Waals surface area (Å²) in [5.74, 6) is 0. The molecule has 1 aromatic rings. The van der Waals surface area contributed by atoms with Gasteiger partial charge < -0.3 is 10.1 Å². The fourth-order valence-corrected chi connectivity index (χ4v) is 1.44. The standard InChI is InChI=1S/C12H18N2O3/c1-2-7-13-8-9-17-10-11-5-3-4-6-12(11)14(15)16/h3-6,13H,2,7-10H2,1H3. The normalized spacial score (nSPS) is 10.4. The molecule has 0 aliphatic rings. The summed E-state index contributed by atoms with van der Waals surface area (Å²) >= 11 is 0. The molecule has 17 heavy (non-hydrogen) atoms. The number of nitrogens with zero attached hydrogens (tertiary/aromatic N) is 1. The average Bonchev–Trinajstić information content (AvgIpc) is 2.34. The molecule has 0 spiro atoms. The second-order valence-corrected chi connectivity index (χ2v) is 3.69. The molecule has 0 radical (unpaired) electrons. The molecule has 1 rings (SSSR count). The van der Waals surface area contributed by atoms with Gasteiger partial charge in [0.25, 0.3) is 5.69 Å². The van der Waals surface area contributed by atoms with Crippen LogP contribution in [0.4, 0.5) is 5.69 Å². The van der Waals surface area contributed by atoms with E-state index in [-0.39, 0.29) is 17.2 Å². The molecule has 0 aliphatic carbocycles. The van der Waals surface area contributed by atoms with Gasteiger partial charge in [-0.3, -0.25) is 10.1 Å². The molecule has 0 aromatic heterocycles. The quantitative estimate of drug-likeness (QED) is 0.428. The summed E-state index contributed by atoms with van der Waals surface area (Å²) in [6.45, 7) is 4.68. The summed E-state index contributed by atoms with van der Waals surface area (Å²) in [4.78, 5) is 10.4. The summed E-state index contributed by atoms with van der Waals surface area (Å²) in [7, 11) is 0. The highest BCUT2D eigenvalue weighted by Gasteiger charge is 2.11. The molecule has 0 aliphatic heterocycles. The van der Waals surface area contributed by atoms with Gasteiger partial charge in [-0.05, 0) is 19.0 Å². The first-order valence-corrected chi connectivity index (χ1v) is 5.76. The van der Waals surface area contributed by atoms with Gasteiger partial charge in [-0.25, -0.2) is 0 Å². The van der Waals surface area contributed by atoms with E-state index in [0.717, 1.165) is 19.5 Å². The van der Waals surface area contributed by atoms with Crippen molar-refractivity contribution < 1.29 is 9.66 Å². The molecule has 0 saturated heterocycles. The van der Waals surface area contributed by atoms with Crippen LogP contribution in [0.1, 0.15) is 18.9 Å². The van der Waals surface area contributed by atoms with E-state index in [0.29, 0.717) is 12.2 Å². The first-order valence-electron chi connectivity index (χ1n) is 5.76. The highest BCUT2D eigenvalue weighted by Crippen LogP contribution is 2.18. The summed E-state index contributed by atoms with van der Waals surface area (Å²) in [5, 5.41) is 13.9. The molecule has 0 heterocycles. The molecule has 1 aromatic carbocycles. The van der Waals surface area contributed by atoms with Gasteiger partial charge in [0.05, 0.1) is 23.7 Å². The van der Waals surface area contributed by atoms with Crippen LogP contribution in [0, 0.1) is 10.1 Å². The Hall–Kier alpha value is -1.46. The third-order valence-corrected chi connectivity index (χ3v) is 2.30. The molecule has 0 unspecified atom stereocenters. The van der Waals surface area contributed by atoms with Crippen molar-refractivity contribution in [3.8, 4) is 0 Å². The number of hydrogen-bond acceptors (Lipinski definition) is 4. The number of nitrogens with one attached hydrogen (secondary N) is 1. The topological polar surface area (TPSA) is 64.4 Å². The van der Waals surface area contributed by atoms with E-state index in [1.165, 1.54) is 6.07 Å². The van der Waals surface area contributed by atoms with Crippen LogP contribution in [-0.4, -0.2) is 24.6 Å². The van der Waals surface area contributed by atoms with Crippen molar-refractivity contribution in [3.63, 3.8) is 0 Å². The summed E-state index contributed by atoms with van der Waals surface area (Å²) in [6, 6.07) is 6.65. The molecule has 5 nitrogen and oxygen atoms in total. The number of ether oxygens (including phenoxy) is 1. The summed E-state index contributed by atoms with van der Waals surface area (Å²) in [6.07, 6.45) is 1.09. The van der Waals surface area contributed by atoms with Gasteiger partial charge in [0.15, 0.2) is 0 Å². The Balaban J connectivity index is 2.34. The fourth-order valence-electron chi connectivity index (χ4n) is 1.44. The van der Waals surface area contributed by atoms with Crippen molar-refractivity contribution in [2.24, 2.45) is 0 Å². The summed E-state index contributed by atoms with van der Waals surface area (Å²) < 4.78 is 5.39. The van der Waals surface area contributed by atoms with Crippen LogP contribution in [0.3, 0.4) is 0 Å². The van der Waals surface area contributed by atoms with Crippen LogP contribution in [0.15, 0.2) is 24.3 Å². The van der Waals surface area contributed by atoms with Crippen molar-refractivity contribution in [2.75, 3.05) is 19.7 Å². The minimum Gasteiger partial charge on any atom is -0.375 e. The first-order chi connectivity index (χ1) is 8.25. The predicted octanol–water partition coefficient (Wildman–Crippen LogP) is 2.11. The van der Waals surface area contributed by atoms with Gasteiger partial charge in [-0.15, -0.1) is 0 Å². The van der Waals surface area contributed by atoms with Crippen molar-refractivity contribution in [1.29, 1.82) is 0 Å². The molecule has 0 amide bonds. The maximum Gasteiger partial charge on any atom is 0.274 e. The molecular weight excluding hydrogens is 220 g/mol. The Morgan fingerprint density at radius 3 is 2.82 bits per heavy atom. The molecule has 0 saturated carbocycles. The number of nitro benzene ring substituents is 1. The predicted molar refractivity (Wildman–Crippen MR) is 65.9 cm³/mol. The van der Waals surface area contributed by atoms with Gasteiger partial charge >= 0.3 is 0 Å². The number of hydrogen-bond donors (Lipinski definition) is 1. The minimum absolute atomic E-state index is 0.119. The zero-order chi connectivity index (χ0) is 12.5. The molecular formula is C12H18N2O3. The molecule has 0 atom stereocenters. The molecule has 0 fully saturated rings. The van der Waals surface area contributed by atoms with Gasteiger partial charge in [0.1, 0.15) is 0 Å². The average molecular weight is 238 g/mol. The highest BCUT2D eigenvalue weighted by molar-refractivity contribution is 5.39. The Kier molecular flexibility index (Phi) is 6.21. The van der Waals surface area contributed by atoms with E-state index in [1.54, 1.807) is 18.2 Å². The lowest BCUT2D eigenvalue weighted by Gasteiger charge is -2.05. The summed E-state index contributed by atoms with van der Waals surface area (Å²) in [5.41, 5.74) is 0.738. The third-order valence-electron chi connectivity index (χ3n) is 2.30. The number of benzene rings is 1. The Morgan fingerprint density at radius 2 is 2.12 bits per heavy atom. The Morgan fingerprint density at radius 1 is 1.35 bits per heavy atom. The molecule has 94 valence electrons. The van der Waals surface area contributed by atoms with Gasteiger partial charge in [0.2, 0.25) is 0 Å². The minimum atomic E-state index is -0.381. The monoisotopic (exact) mass is 238 g/mol. The van der Waals surface area contributed by atoms with Crippen LogP contribution >= 0.6 is 0 Å². The second-order valence-electron chi connectivity index (χ2n) is 3.69. The SMILES string of the molecule is CCCNCCOCc1ccccc1[N+](=O)[O-]. The maximum atomic E-state index is 10.7.